The summed E-state index contributed by atoms with van der Waals surface area (Å²) in [7, 11) is 0. The van der Waals surface area contributed by atoms with Gasteiger partial charge in [0.15, 0.2) is 0 Å². The summed E-state index contributed by atoms with van der Waals surface area (Å²) < 4.78 is 0. The van der Waals surface area contributed by atoms with Crippen molar-refractivity contribution in [3.05, 3.63) is 64.2 Å². The number of benzene rings is 2. The first-order chi connectivity index (χ1) is 11.6. The number of nitrogens with zero attached hydrogens (tertiary/aromatic N) is 1. The van der Waals surface area contributed by atoms with Crippen LogP contribution in [0.2, 0.25) is 5.02 Å². The maximum absolute atomic E-state index is 11.9. The van der Waals surface area contributed by atoms with Crippen molar-refractivity contribution in [3.63, 3.8) is 0 Å². The molecule has 6 heteroatoms. The highest BCUT2D eigenvalue weighted by Crippen LogP contribution is 2.23. The lowest BCUT2D eigenvalue weighted by Gasteiger charge is -2.02. The van der Waals surface area contributed by atoms with Gasteiger partial charge in [-0.05, 0) is 35.9 Å². The average Bonchev–Trinajstić information content (AvgIpc) is 2.59. The molecule has 3 N–H and O–H groups in total. The van der Waals surface area contributed by atoms with Crippen molar-refractivity contribution in [2.45, 2.75) is 6.42 Å². The Balaban J connectivity index is 1.95. The van der Waals surface area contributed by atoms with Gasteiger partial charge in [-0.25, -0.2) is 5.43 Å². The standard InChI is InChI=1S/C18H15ClN2O3/c19-16-11-15(8-9-17(16)23)18(24)21-20-12-14-6-4-13(5-7-14)3-1-2-10-22/h4-9,11-12,22-23H,2,10H2,(H,21,24)/b20-12+. The molecule has 5 nitrogen and oxygen atoms in total. The highest BCUT2D eigenvalue weighted by molar-refractivity contribution is 6.32. The van der Waals surface area contributed by atoms with Crippen molar-refractivity contribution in [1.82, 2.24) is 5.43 Å². The van der Waals surface area contributed by atoms with Gasteiger partial charge in [0.1, 0.15) is 5.75 Å². The van der Waals surface area contributed by atoms with Crippen molar-refractivity contribution in [2.75, 3.05) is 6.61 Å². The number of phenols is 1. The van der Waals surface area contributed by atoms with Crippen molar-refractivity contribution >= 4 is 23.7 Å². The van der Waals surface area contributed by atoms with Crippen LogP contribution in [-0.4, -0.2) is 28.9 Å². The first kappa shape index (κ1) is 17.5. The fourth-order valence-electron chi connectivity index (χ4n) is 1.75. The van der Waals surface area contributed by atoms with Gasteiger partial charge in [0.25, 0.3) is 5.91 Å². The SMILES string of the molecule is O=C(N/N=C/c1ccc(C#CCCO)cc1)c1ccc(O)c(Cl)c1. The molecule has 0 aliphatic carbocycles. The molecule has 122 valence electrons. The number of hydrogen-bond donors (Lipinski definition) is 3. The van der Waals surface area contributed by atoms with Crippen LogP contribution in [-0.2, 0) is 0 Å². The van der Waals surface area contributed by atoms with Crippen molar-refractivity contribution < 1.29 is 15.0 Å². The molecule has 0 radical (unpaired) electrons. The zero-order chi connectivity index (χ0) is 17.4. The molecule has 0 aliphatic rings. The van der Waals surface area contributed by atoms with Crippen LogP contribution < -0.4 is 5.43 Å². The zero-order valence-corrected chi connectivity index (χ0v) is 13.4. The van der Waals surface area contributed by atoms with E-state index in [4.69, 9.17) is 16.7 Å². The number of carbonyl (C=O) groups excluding carboxylic acids is 1. The molecule has 2 aromatic rings. The molecule has 0 heterocycles. The van der Waals surface area contributed by atoms with E-state index < -0.39 is 5.91 Å². The van der Waals surface area contributed by atoms with E-state index in [2.05, 4.69) is 22.4 Å². The van der Waals surface area contributed by atoms with Gasteiger partial charge in [0, 0.05) is 17.5 Å². The summed E-state index contributed by atoms with van der Waals surface area (Å²) in [6.07, 6.45) is 1.95. The molecule has 24 heavy (non-hydrogen) atoms. The molecule has 0 unspecified atom stereocenters. The van der Waals surface area contributed by atoms with Gasteiger partial charge >= 0.3 is 0 Å². The summed E-state index contributed by atoms with van der Waals surface area (Å²) >= 11 is 5.75. The van der Waals surface area contributed by atoms with Crippen LogP contribution in [0.25, 0.3) is 0 Å². The highest BCUT2D eigenvalue weighted by atomic mass is 35.5. The third-order valence-corrected chi connectivity index (χ3v) is 3.27. The number of aliphatic hydroxyl groups is 1. The number of amides is 1. The molecule has 0 spiro atoms. The summed E-state index contributed by atoms with van der Waals surface area (Å²) in [6, 6.07) is 11.4. The van der Waals surface area contributed by atoms with Crippen LogP contribution >= 0.6 is 11.6 Å². The minimum atomic E-state index is -0.431. The highest BCUT2D eigenvalue weighted by Gasteiger charge is 2.07. The van der Waals surface area contributed by atoms with E-state index in [1.807, 2.05) is 24.3 Å². The molecule has 1 amide bonds. The predicted octanol–water partition coefficient (Wildman–Crippen LogP) is 2.54. The maximum Gasteiger partial charge on any atom is 0.271 e. The smallest absolute Gasteiger partial charge is 0.271 e. The minimum Gasteiger partial charge on any atom is -0.506 e. The fourth-order valence-corrected chi connectivity index (χ4v) is 1.93. The quantitative estimate of drug-likeness (QED) is 0.453. The Hall–Kier alpha value is -2.81. The second-order valence-electron chi connectivity index (χ2n) is 4.76. The molecule has 2 rings (SSSR count). The fraction of sp³-hybridized carbons (Fsp3) is 0.111. The Morgan fingerprint density at radius 1 is 1.25 bits per heavy atom. The number of aliphatic hydroxyl groups excluding tert-OH is 1. The minimum absolute atomic E-state index is 0.0453. The van der Waals surface area contributed by atoms with Crippen LogP contribution in [0.1, 0.15) is 27.9 Å². The number of nitrogens with one attached hydrogen (secondary N) is 1. The molecule has 0 bridgehead atoms. The van der Waals surface area contributed by atoms with E-state index in [-0.39, 0.29) is 17.4 Å². The third kappa shape index (κ3) is 5.13. The van der Waals surface area contributed by atoms with E-state index in [1.165, 1.54) is 24.4 Å². The molecule has 0 atom stereocenters. The lowest BCUT2D eigenvalue weighted by Crippen LogP contribution is -2.17. The molecule has 0 aromatic heterocycles. The van der Waals surface area contributed by atoms with Crippen molar-refractivity contribution in [1.29, 1.82) is 0 Å². The largest absolute Gasteiger partial charge is 0.506 e. The Morgan fingerprint density at radius 3 is 2.67 bits per heavy atom. The monoisotopic (exact) mass is 342 g/mol. The van der Waals surface area contributed by atoms with Gasteiger partial charge in [-0.2, -0.15) is 5.10 Å². The number of phenolic OH excluding ortho intramolecular Hbond substituents is 1. The molecular formula is C18H15ClN2O3. The average molecular weight is 343 g/mol. The second kappa shape index (κ2) is 8.73. The summed E-state index contributed by atoms with van der Waals surface area (Å²) in [5.41, 5.74) is 4.32. The van der Waals surface area contributed by atoms with E-state index >= 15 is 0 Å². The number of hydrazone groups is 1. The Kier molecular flexibility index (Phi) is 6.38. The number of carbonyl (C=O) groups is 1. The zero-order valence-electron chi connectivity index (χ0n) is 12.7. The second-order valence-corrected chi connectivity index (χ2v) is 5.17. The maximum atomic E-state index is 11.9. The number of hydrogen-bond acceptors (Lipinski definition) is 4. The van der Waals surface area contributed by atoms with Crippen LogP contribution in [0.4, 0.5) is 0 Å². The van der Waals surface area contributed by atoms with Crippen LogP contribution in [0.15, 0.2) is 47.6 Å². The van der Waals surface area contributed by atoms with Gasteiger partial charge < -0.3 is 10.2 Å². The summed E-state index contributed by atoms with van der Waals surface area (Å²) in [5.74, 6) is 5.24. The Morgan fingerprint density at radius 2 is 2.00 bits per heavy atom. The Bertz CT molecular complexity index is 805. The van der Waals surface area contributed by atoms with Crippen LogP contribution in [0.5, 0.6) is 5.75 Å². The number of rotatable bonds is 4. The molecule has 0 fully saturated rings. The molecule has 0 aliphatic heterocycles. The molecule has 0 saturated heterocycles. The van der Waals surface area contributed by atoms with Gasteiger partial charge in [0.2, 0.25) is 0 Å². The normalized spacial score (nSPS) is 10.2. The van der Waals surface area contributed by atoms with Gasteiger partial charge in [-0.15, -0.1) is 0 Å². The van der Waals surface area contributed by atoms with E-state index in [0.717, 1.165) is 11.1 Å². The van der Waals surface area contributed by atoms with Gasteiger partial charge in [-0.3, -0.25) is 4.79 Å². The van der Waals surface area contributed by atoms with E-state index in [0.29, 0.717) is 12.0 Å². The van der Waals surface area contributed by atoms with Crippen molar-refractivity contribution in [2.24, 2.45) is 5.10 Å². The summed E-state index contributed by atoms with van der Waals surface area (Å²) in [6.45, 7) is 0.0453. The van der Waals surface area contributed by atoms with Crippen molar-refractivity contribution in [3.8, 4) is 17.6 Å². The predicted molar refractivity (Wildman–Crippen MR) is 93.2 cm³/mol. The summed E-state index contributed by atoms with van der Waals surface area (Å²) in [5, 5.41) is 22.0. The van der Waals surface area contributed by atoms with E-state index in [1.54, 1.807) is 0 Å². The topological polar surface area (TPSA) is 81.9 Å². The summed E-state index contributed by atoms with van der Waals surface area (Å²) in [4.78, 5) is 11.9. The Labute approximate surface area is 144 Å². The first-order valence-corrected chi connectivity index (χ1v) is 7.49. The molecule has 0 saturated carbocycles. The molecular weight excluding hydrogens is 328 g/mol. The van der Waals surface area contributed by atoms with Crippen LogP contribution in [0, 0.1) is 11.8 Å². The lowest BCUT2D eigenvalue weighted by molar-refractivity contribution is 0.0955. The third-order valence-electron chi connectivity index (χ3n) is 2.97. The number of halogens is 1. The lowest BCUT2D eigenvalue weighted by atomic mass is 10.1. The van der Waals surface area contributed by atoms with Gasteiger partial charge in [-0.1, -0.05) is 35.6 Å². The number of aromatic hydroxyl groups is 1. The van der Waals surface area contributed by atoms with Gasteiger partial charge in [0.05, 0.1) is 17.8 Å². The van der Waals surface area contributed by atoms with E-state index in [9.17, 15) is 9.90 Å². The first-order valence-electron chi connectivity index (χ1n) is 7.12. The molecule has 2 aromatic carbocycles. The van der Waals surface area contributed by atoms with Crippen LogP contribution in [0.3, 0.4) is 0 Å².